The average Bonchev–Trinajstić information content (AvgIpc) is 2.60. The van der Waals surface area contributed by atoms with Gasteiger partial charge in [0.05, 0.1) is 5.75 Å². The van der Waals surface area contributed by atoms with Gasteiger partial charge in [-0.1, -0.05) is 0 Å². The fraction of sp³-hybridized carbons (Fsp3) is 0.273. The van der Waals surface area contributed by atoms with Gasteiger partial charge in [-0.25, -0.2) is 8.42 Å². The highest BCUT2D eigenvalue weighted by Crippen LogP contribution is 2.20. The number of aromatic nitrogens is 1. The smallest absolute Gasteiger partial charge is 0.232 e. The molecule has 2 rings (SSSR count). The van der Waals surface area contributed by atoms with Crippen molar-refractivity contribution in [2.45, 2.75) is 6.92 Å². The van der Waals surface area contributed by atoms with Crippen molar-refractivity contribution in [2.24, 2.45) is 7.05 Å². The number of nitrogens with zero attached hydrogens (tertiary/aromatic N) is 1. The summed E-state index contributed by atoms with van der Waals surface area (Å²) in [4.78, 5) is 0. The summed E-state index contributed by atoms with van der Waals surface area (Å²) in [5, 5.41) is 1.03. The number of anilines is 1. The first-order chi connectivity index (χ1) is 7.52. The summed E-state index contributed by atoms with van der Waals surface area (Å²) in [5.41, 5.74) is 1.69. The molecule has 16 heavy (non-hydrogen) atoms. The molecule has 86 valence electrons. The molecule has 1 aromatic heterocycles. The van der Waals surface area contributed by atoms with Crippen LogP contribution in [0.3, 0.4) is 0 Å². The predicted octanol–water partition coefficient (Wildman–Crippen LogP) is 1.94. The van der Waals surface area contributed by atoms with E-state index >= 15 is 0 Å². The van der Waals surface area contributed by atoms with Gasteiger partial charge in [0.2, 0.25) is 10.0 Å². The Labute approximate surface area is 94.9 Å². The van der Waals surface area contributed by atoms with Crippen molar-refractivity contribution in [3.8, 4) is 0 Å². The zero-order valence-electron chi connectivity index (χ0n) is 9.27. The van der Waals surface area contributed by atoms with E-state index in [0.29, 0.717) is 5.69 Å². The third-order valence-corrected chi connectivity index (χ3v) is 3.85. The van der Waals surface area contributed by atoms with Crippen molar-refractivity contribution >= 4 is 26.6 Å². The Balaban J connectivity index is 2.41. The molecule has 0 saturated carbocycles. The third-order valence-electron chi connectivity index (χ3n) is 2.54. The van der Waals surface area contributed by atoms with E-state index in [0.717, 1.165) is 10.9 Å². The number of aryl methyl sites for hydroxylation is 1. The number of nitrogens with one attached hydrogen (secondary N) is 1. The first-order valence-electron chi connectivity index (χ1n) is 5.07. The molecule has 0 aliphatic heterocycles. The quantitative estimate of drug-likeness (QED) is 0.888. The Morgan fingerprint density at radius 2 is 2.06 bits per heavy atom. The first-order valence-corrected chi connectivity index (χ1v) is 6.72. The van der Waals surface area contributed by atoms with E-state index in [9.17, 15) is 8.42 Å². The lowest BCUT2D eigenvalue weighted by molar-refractivity contribution is 0.602. The fourth-order valence-corrected chi connectivity index (χ4v) is 2.23. The second-order valence-corrected chi connectivity index (χ2v) is 5.72. The summed E-state index contributed by atoms with van der Waals surface area (Å²) in [7, 11) is -1.23. The molecule has 0 spiro atoms. The molecule has 2 aromatic rings. The molecule has 4 nitrogen and oxygen atoms in total. The molecule has 1 aromatic carbocycles. The van der Waals surface area contributed by atoms with Gasteiger partial charge in [-0.05, 0) is 31.2 Å². The van der Waals surface area contributed by atoms with Crippen LogP contribution in [0.25, 0.3) is 10.9 Å². The SMILES string of the molecule is CCS(=O)(=O)Nc1ccc2c(ccn2C)c1. The van der Waals surface area contributed by atoms with Crippen LogP contribution in [0, 0.1) is 0 Å². The lowest BCUT2D eigenvalue weighted by atomic mass is 10.2. The minimum atomic E-state index is -3.19. The van der Waals surface area contributed by atoms with Crippen LogP contribution in [0.5, 0.6) is 0 Å². The molecule has 0 fully saturated rings. The Morgan fingerprint density at radius 3 is 2.75 bits per heavy atom. The van der Waals surface area contributed by atoms with Gasteiger partial charge in [0.25, 0.3) is 0 Å². The molecule has 0 bridgehead atoms. The van der Waals surface area contributed by atoms with E-state index in [2.05, 4.69) is 4.72 Å². The van der Waals surface area contributed by atoms with Crippen LogP contribution in [0.15, 0.2) is 30.5 Å². The highest BCUT2D eigenvalue weighted by Gasteiger charge is 2.07. The van der Waals surface area contributed by atoms with Gasteiger partial charge in [-0.2, -0.15) is 0 Å². The predicted molar refractivity (Wildman–Crippen MR) is 66.0 cm³/mol. The Hall–Kier alpha value is -1.49. The molecule has 0 aliphatic carbocycles. The van der Waals surface area contributed by atoms with Crippen LogP contribution in [-0.2, 0) is 17.1 Å². The normalized spacial score (nSPS) is 11.9. The molecular formula is C11H14N2O2S. The molecule has 0 saturated heterocycles. The molecule has 0 radical (unpaired) electrons. The van der Waals surface area contributed by atoms with Crippen LogP contribution in [0.4, 0.5) is 5.69 Å². The fourth-order valence-electron chi connectivity index (χ4n) is 1.60. The molecule has 1 N–H and O–H groups in total. The van der Waals surface area contributed by atoms with Crippen molar-refractivity contribution in [1.29, 1.82) is 0 Å². The van der Waals surface area contributed by atoms with E-state index in [-0.39, 0.29) is 5.75 Å². The van der Waals surface area contributed by atoms with Crippen molar-refractivity contribution in [2.75, 3.05) is 10.5 Å². The second-order valence-electron chi connectivity index (χ2n) is 3.71. The van der Waals surface area contributed by atoms with Crippen LogP contribution in [0.2, 0.25) is 0 Å². The maximum absolute atomic E-state index is 11.4. The van der Waals surface area contributed by atoms with E-state index in [4.69, 9.17) is 0 Å². The lowest BCUT2D eigenvalue weighted by Gasteiger charge is -2.06. The topological polar surface area (TPSA) is 51.1 Å². The minimum Gasteiger partial charge on any atom is -0.351 e. The van der Waals surface area contributed by atoms with Gasteiger partial charge in [-0.15, -0.1) is 0 Å². The lowest BCUT2D eigenvalue weighted by Crippen LogP contribution is -2.14. The molecule has 5 heteroatoms. The first kappa shape index (κ1) is 11.0. The van der Waals surface area contributed by atoms with Gasteiger partial charge in [-0.3, -0.25) is 4.72 Å². The van der Waals surface area contributed by atoms with E-state index in [1.165, 1.54) is 0 Å². The average molecular weight is 238 g/mol. The van der Waals surface area contributed by atoms with Gasteiger partial charge < -0.3 is 4.57 Å². The number of sulfonamides is 1. The zero-order chi connectivity index (χ0) is 11.8. The Bertz CT molecular complexity index is 614. The standard InChI is InChI=1S/C11H14N2O2S/c1-3-16(14,15)12-10-4-5-11-9(8-10)6-7-13(11)2/h4-8,12H,3H2,1-2H3. The Morgan fingerprint density at radius 1 is 1.31 bits per heavy atom. The molecule has 0 aliphatic rings. The van der Waals surface area contributed by atoms with E-state index in [1.54, 1.807) is 13.0 Å². The van der Waals surface area contributed by atoms with E-state index in [1.807, 2.05) is 36.0 Å². The summed E-state index contributed by atoms with van der Waals surface area (Å²) in [5.74, 6) is 0.0832. The number of hydrogen-bond donors (Lipinski definition) is 1. The molecule has 0 atom stereocenters. The van der Waals surface area contributed by atoms with Gasteiger partial charge in [0.15, 0.2) is 0 Å². The molecule has 0 amide bonds. The summed E-state index contributed by atoms with van der Waals surface area (Å²) >= 11 is 0. The van der Waals surface area contributed by atoms with Crippen molar-refractivity contribution in [1.82, 2.24) is 4.57 Å². The highest BCUT2D eigenvalue weighted by molar-refractivity contribution is 7.92. The largest absolute Gasteiger partial charge is 0.351 e. The Kier molecular flexibility index (Phi) is 2.63. The summed E-state index contributed by atoms with van der Waals surface area (Å²) < 4.78 is 27.3. The third kappa shape index (κ3) is 2.04. The monoisotopic (exact) mass is 238 g/mol. The van der Waals surface area contributed by atoms with E-state index < -0.39 is 10.0 Å². The summed E-state index contributed by atoms with van der Waals surface area (Å²) in [6, 6.07) is 7.47. The number of rotatable bonds is 3. The van der Waals surface area contributed by atoms with Crippen molar-refractivity contribution in [3.63, 3.8) is 0 Å². The minimum absolute atomic E-state index is 0.0832. The van der Waals surface area contributed by atoms with Gasteiger partial charge in [0, 0.05) is 29.8 Å². The zero-order valence-corrected chi connectivity index (χ0v) is 10.1. The van der Waals surface area contributed by atoms with Crippen molar-refractivity contribution in [3.05, 3.63) is 30.5 Å². The van der Waals surface area contributed by atoms with Crippen molar-refractivity contribution < 1.29 is 8.42 Å². The van der Waals surface area contributed by atoms with Crippen LogP contribution >= 0.6 is 0 Å². The van der Waals surface area contributed by atoms with Crippen LogP contribution in [-0.4, -0.2) is 18.7 Å². The number of hydrogen-bond acceptors (Lipinski definition) is 2. The highest BCUT2D eigenvalue weighted by atomic mass is 32.2. The summed E-state index contributed by atoms with van der Waals surface area (Å²) in [6.07, 6.45) is 1.95. The second kappa shape index (κ2) is 3.83. The molecule has 1 heterocycles. The maximum atomic E-state index is 11.4. The number of fused-ring (bicyclic) bond motifs is 1. The van der Waals surface area contributed by atoms with Crippen LogP contribution in [0.1, 0.15) is 6.92 Å². The van der Waals surface area contributed by atoms with Crippen LogP contribution < -0.4 is 4.72 Å². The van der Waals surface area contributed by atoms with Gasteiger partial charge in [0.1, 0.15) is 0 Å². The van der Waals surface area contributed by atoms with Gasteiger partial charge >= 0.3 is 0 Å². The maximum Gasteiger partial charge on any atom is 0.232 e. The molecule has 0 unspecified atom stereocenters. The summed E-state index contributed by atoms with van der Waals surface area (Å²) in [6.45, 7) is 1.61. The number of benzene rings is 1. The molecular weight excluding hydrogens is 224 g/mol.